The van der Waals surface area contributed by atoms with Crippen molar-refractivity contribution >= 4 is 10.0 Å². The third-order valence-electron chi connectivity index (χ3n) is 2.92. The Labute approximate surface area is 119 Å². The Kier molecular flexibility index (Phi) is 4.42. The Morgan fingerprint density at radius 1 is 1.30 bits per heavy atom. The highest BCUT2D eigenvalue weighted by molar-refractivity contribution is 7.89. The molecule has 20 heavy (non-hydrogen) atoms. The molecule has 5 heteroatoms. The van der Waals surface area contributed by atoms with E-state index in [-0.39, 0.29) is 4.90 Å². The minimum absolute atomic E-state index is 0.240. The van der Waals surface area contributed by atoms with E-state index in [1.54, 1.807) is 42.5 Å². The summed E-state index contributed by atoms with van der Waals surface area (Å²) in [5.74, 6) is 0.570. The van der Waals surface area contributed by atoms with Gasteiger partial charge in [-0.2, -0.15) is 0 Å². The predicted molar refractivity (Wildman–Crippen MR) is 77.8 cm³/mol. The Balaban J connectivity index is 2.25. The van der Waals surface area contributed by atoms with Gasteiger partial charge in [0.2, 0.25) is 10.0 Å². The molecule has 4 nitrogen and oxygen atoms in total. The van der Waals surface area contributed by atoms with Crippen LogP contribution in [0.15, 0.2) is 64.6 Å². The number of aryl methyl sites for hydroxylation is 1. The second kappa shape index (κ2) is 6.07. The quantitative estimate of drug-likeness (QED) is 0.832. The molecule has 0 amide bonds. The SMILES string of the molecule is C=CC[C@H](NS(=O)(=O)c1ccc(C)cc1)c1ccco1. The lowest BCUT2D eigenvalue weighted by molar-refractivity contribution is 0.445. The van der Waals surface area contributed by atoms with E-state index < -0.39 is 16.1 Å². The molecule has 0 bridgehead atoms. The molecular formula is C15H17NO3S. The van der Waals surface area contributed by atoms with Crippen molar-refractivity contribution in [2.24, 2.45) is 0 Å². The van der Waals surface area contributed by atoms with E-state index in [1.807, 2.05) is 6.92 Å². The van der Waals surface area contributed by atoms with Crippen molar-refractivity contribution in [2.45, 2.75) is 24.3 Å². The zero-order chi connectivity index (χ0) is 14.6. The van der Waals surface area contributed by atoms with Gasteiger partial charge in [-0.25, -0.2) is 13.1 Å². The zero-order valence-corrected chi connectivity index (χ0v) is 12.1. The molecule has 0 saturated carbocycles. The van der Waals surface area contributed by atoms with E-state index in [2.05, 4.69) is 11.3 Å². The van der Waals surface area contributed by atoms with E-state index in [1.165, 1.54) is 6.26 Å². The molecule has 0 unspecified atom stereocenters. The topological polar surface area (TPSA) is 59.3 Å². The van der Waals surface area contributed by atoms with Crippen LogP contribution >= 0.6 is 0 Å². The van der Waals surface area contributed by atoms with Crippen molar-refractivity contribution < 1.29 is 12.8 Å². The summed E-state index contributed by atoms with van der Waals surface area (Å²) in [7, 11) is -3.58. The molecule has 2 rings (SSSR count). The van der Waals surface area contributed by atoms with Crippen molar-refractivity contribution in [3.05, 3.63) is 66.6 Å². The lowest BCUT2D eigenvalue weighted by atomic mass is 10.2. The molecule has 0 aliphatic heterocycles. The fraction of sp³-hybridized carbons (Fsp3) is 0.200. The largest absolute Gasteiger partial charge is 0.468 e. The van der Waals surface area contributed by atoms with Crippen LogP contribution in [0.3, 0.4) is 0 Å². The van der Waals surface area contributed by atoms with Gasteiger partial charge in [-0.15, -0.1) is 6.58 Å². The maximum atomic E-state index is 12.3. The van der Waals surface area contributed by atoms with E-state index in [4.69, 9.17) is 4.42 Å². The Hall–Kier alpha value is -1.85. The summed E-state index contributed by atoms with van der Waals surface area (Å²) in [5.41, 5.74) is 1.01. The van der Waals surface area contributed by atoms with E-state index in [9.17, 15) is 8.42 Å². The van der Waals surface area contributed by atoms with Crippen LogP contribution in [0.5, 0.6) is 0 Å². The summed E-state index contributed by atoms with van der Waals surface area (Å²) in [6.07, 6.45) is 3.63. The second-order valence-electron chi connectivity index (χ2n) is 4.53. The molecule has 0 spiro atoms. The van der Waals surface area contributed by atoms with Crippen molar-refractivity contribution in [1.29, 1.82) is 0 Å². The molecule has 1 aromatic heterocycles. The molecular weight excluding hydrogens is 274 g/mol. The van der Waals surface area contributed by atoms with Gasteiger partial charge in [-0.05, 0) is 37.6 Å². The van der Waals surface area contributed by atoms with Gasteiger partial charge in [-0.1, -0.05) is 23.8 Å². The van der Waals surface area contributed by atoms with Crippen molar-refractivity contribution in [3.63, 3.8) is 0 Å². The number of hydrogen-bond donors (Lipinski definition) is 1. The van der Waals surface area contributed by atoms with E-state index in [0.717, 1.165) is 5.56 Å². The number of hydrogen-bond acceptors (Lipinski definition) is 3. The standard InChI is InChI=1S/C15H17NO3S/c1-3-5-14(15-6-4-11-19-15)16-20(17,18)13-9-7-12(2)8-10-13/h3-4,6-11,14,16H,1,5H2,2H3/t14-/m0/s1. The molecule has 1 heterocycles. The van der Waals surface area contributed by atoms with E-state index in [0.29, 0.717) is 12.2 Å². The average Bonchev–Trinajstić information content (AvgIpc) is 2.92. The molecule has 1 atom stereocenters. The summed E-state index contributed by atoms with van der Waals surface area (Å²) < 4.78 is 32.6. The molecule has 2 aromatic rings. The van der Waals surface area contributed by atoms with Crippen LogP contribution < -0.4 is 4.72 Å². The molecule has 0 aliphatic rings. The number of rotatable bonds is 6. The first kappa shape index (κ1) is 14.6. The third-order valence-corrected chi connectivity index (χ3v) is 4.41. The van der Waals surface area contributed by atoms with Gasteiger partial charge in [0.15, 0.2) is 0 Å². The van der Waals surface area contributed by atoms with Crippen LogP contribution in [0.1, 0.15) is 23.8 Å². The minimum atomic E-state index is -3.58. The number of sulfonamides is 1. The molecule has 106 valence electrons. The molecule has 1 N–H and O–H groups in total. The summed E-state index contributed by atoms with van der Waals surface area (Å²) >= 11 is 0. The van der Waals surface area contributed by atoms with Crippen molar-refractivity contribution in [3.8, 4) is 0 Å². The monoisotopic (exact) mass is 291 g/mol. The fourth-order valence-electron chi connectivity index (χ4n) is 1.85. The molecule has 1 aromatic carbocycles. The lowest BCUT2D eigenvalue weighted by Gasteiger charge is -2.15. The maximum Gasteiger partial charge on any atom is 0.241 e. The Morgan fingerprint density at radius 3 is 2.55 bits per heavy atom. The Morgan fingerprint density at radius 2 is 2.00 bits per heavy atom. The molecule has 0 saturated heterocycles. The fourth-order valence-corrected chi connectivity index (χ4v) is 3.07. The van der Waals surface area contributed by atoms with Crippen LogP contribution in [0.4, 0.5) is 0 Å². The first-order valence-electron chi connectivity index (χ1n) is 6.26. The number of benzene rings is 1. The average molecular weight is 291 g/mol. The number of nitrogens with one attached hydrogen (secondary N) is 1. The van der Waals surface area contributed by atoms with Gasteiger partial charge in [0, 0.05) is 0 Å². The van der Waals surface area contributed by atoms with Crippen molar-refractivity contribution in [2.75, 3.05) is 0 Å². The van der Waals surface area contributed by atoms with Gasteiger partial charge < -0.3 is 4.42 Å². The number of furan rings is 1. The molecule has 0 aliphatic carbocycles. The normalized spacial score (nSPS) is 13.1. The van der Waals surface area contributed by atoms with E-state index >= 15 is 0 Å². The predicted octanol–water partition coefficient (Wildman–Crippen LogP) is 3.18. The van der Waals surface area contributed by atoms with Crippen LogP contribution in [-0.4, -0.2) is 8.42 Å². The summed E-state index contributed by atoms with van der Waals surface area (Å²) in [6.45, 7) is 5.56. The second-order valence-corrected chi connectivity index (χ2v) is 6.24. The van der Waals surface area contributed by atoms with Crippen LogP contribution in [-0.2, 0) is 10.0 Å². The highest BCUT2D eigenvalue weighted by Gasteiger charge is 2.22. The van der Waals surface area contributed by atoms with Gasteiger partial charge >= 0.3 is 0 Å². The summed E-state index contributed by atoms with van der Waals surface area (Å²) in [5, 5.41) is 0. The van der Waals surface area contributed by atoms with Gasteiger partial charge in [0.05, 0.1) is 17.2 Å². The first-order valence-corrected chi connectivity index (χ1v) is 7.74. The minimum Gasteiger partial charge on any atom is -0.468 e. The van der Waals surface area contributed by atoms with Gasteiger partial charge in [0.25, 0.3) is 0 Å². The van der Waals surface area contributed by atoms with Crippen LogP contribution in [0, 0.1) is 6.92 Å². The molecule has 0 radical (unpaired) electrons. The van der Waals surface area contributed by atoms with Crippen LogP contribution in [0.2, 0.25) is 0 Å². The highest BCUT2D eigenvalue weighted by atomic mass is 32.2. The van der Waals surface area contributed by atoms with Crippen LogP contribution in [0.25, 0.3) is 0 Å². The highest BCUT2D eigenvalue weighted by Crippen LogP contribution is 2.21. The first-order chi connectivity index (χ1) is 9.53. The van der Waals surface area contributed by atoms with Crippen molar-refractivity contribution in [1.82, 2.24) is 4.72 Å². The van der Waals surface area contributed by atoms with Gasteiger partial charge in [0.1, 0.15) is 5.76 Å². The summed E-state index contributed by atoms with van der Waals surface area (Å²) in [4.78, 5) is 0.240. The summed E-state index contributed by atoms with van der Waals surface area (Å²) in [6, 6.07) is 9.73. The van der Waals surface area contributed by atoms with Gasteiger partial charge in [-0.3, -0.25) is 0 Å². The third kappa shape index (κ3) is 3.37. The maximum absolute atomic E-state index is 12.3. The Bertz CT molecular complexity index is 658. The smallest absolute Gasteiger partial charge is 0.241 e. The molecule has 0 fully saturated rings. The zero-order valence-electron chi connectivity index (χ0n) is 11.2. The lowest BCUT2D eigenvalue weighted by Crippen LogP contribution is -2.28.